The van der Waals surface area contributed by atoms with E-state index in [4.69, 9.17) is 22.1 Å². The molecule has 0 spiro atoms. The van der Waals surface area contributed by atoms with Crippen molar-refractivity contribution in [1.82, 2.24) is 4.98 Å². The molecular formula is C11H15ClN2O. The van der Waals surface area contributed by atoms with Crippen molar-refractivity contribution >= 4 is 11.6 Å². The second-order valence-corrected chi connectivity index (χ2v) is 4.94. The van der Waals surface area contributed by atoms with Gasteiger partial charge >= 0.3 is 0 Å². The molecule has 2 rings (SSSR count). The van der Waals surface area contributed by atoms with Gasteiger partial charge in [-0.1, -0.05) is 31.5 Å². The van der Waals surface area contributed by atoms with Gasteiger partial charge < -0.3 is 10.5 Å². The Hall–Kier alpha value is -0.800. The fourth-order valence-corrected chi connectivity index (χ4v) is 2.24. The normalized spacial score (nSPS) is 27.5. The van der Waals surface area contributed by atoms with Crippen molar-refractivity contribution in [3.63, 3.8) is 0 Å². The fraction of sp³-hybridized carbons (Fsp3) is 0.545. The monoisotopic (exact) mass is 226 g/mol. The lowest BCUT2D eigenvalue weighted by atomic mass is 10.0. The van der Waals surface area contributed by atoms with Crippen LogP contribution in [0.1, 0.15) is 25.3 Å². The Labute approximate surface area is 94.6 Å². The lowest BCUT2D eigenvalue weighted by Gasteiger charge is -2.08. The number of halogens is 1. The minimum Gasteiger partial charge on any atom is -0.481 e. The van der Waals surface area contributed by atoms with E-state index < -0.39 is 0 Å². The van der Waals surface area contributed by atoms with Crippen molar-refractivity contribution < 1.29 is 4.74 Å². The van der Waals surface area contributed by atoms with Crippen LogP contribution < -0.4 is 10.5 Å². The van der Waals surface area contributed by atoms with Crippen LogP contribution >= 0.6 is 11.6 Å². The van der Waals surface area contributed by atoms with Crippen LogP contribution in [0, 0.1) is 5.41 Å². The summed E-state index contributed by atoms with van der Waals surface area (Å²) < 4.78 is 5.22. The first-order valence-electron chi connectivity index (χ1n) is 4.94. The Balaban J connectivity index is 2.38. The summed E-state index contributed by atoms with van der Waals surface area (Å²) in [5.41, 5.74) is 7.20. The summed E-state index contributed by atoms with van der Waals surface area (Å²) in [4.78, 5) is 4.14. The smallest absolute Gasteiger partial charge is 0.218 e. The Morgan fingerprint density at radius 3 is 2.53 bits per heavy atom. The summed E-state index contributed by atoms with van der Waals surface area (Å²) in [6, 6.07) is 3.91. The van der Waals surface area contributed by atoms with Gasteiger partial charge in [0.05, 0.1) is 7.11 Å². The molecule has 15 heavy (non-hydrogen) atoms. The van der Waals surface area contributed by atoms with E-state index >= 15 is 0 Å². The molecule has 82 valence electrons. The van der Waals surface area contributed by atoms with Crippen molar-refractivity contribution in [2.75, 3.05) is 7.11 Å². The van der Waals surface area contributed by atoms with Crippen LogP contribution in [-0.4, -0.2) is 18.1 Å². The quantitative estimate of drug-likeness (QED) is 0.787. The molecule has 4 heteroatoms. The summed E-state index contributed by atoms with van der Waals surface area (Å²) in [6.45, 7) is 4.30. The van der Waals surface area contributed by atoms with E-state index in [0.717, 1.165) is 5.56 Å². The third-order valence-corrected chi connectivity index (χ3v) is 3.51. The van der Waals surface area contributed by atoms with Gasteiger partial charge in [-0.3, -0.25) is 0 Å². The fourth-order valence-electron chi connectivity index (χ4n) is 2.10. The lowest BCUT2D eigenvalue weighted by molar-refractivity contribution is 0.390. The molecule has 0 saturated heterocycles. The van der Waals surface area contributed by atoms with Crippen LogP contribution in [0.15, 0.2) is 12.1 Å². The molecule has 0 aliphatic heterocycles. The number of nitrogens with two attached hydrogens (primary N) is 1. The largest absolute Gasteiger partial charge is 0.481 e. The molecule has 0 bridgehead atoms. The topological polar surface area (TPSA) is 48.1 Å². The number of rotatable bonds is 2. The van der Waals surface area contributed by atoms with Crippen LogP contribution in [-0.2, 0) is 0 Å². The lowest BCUT2D eigenvalue weighted by Crippen LogP contribution is -2.06. The number of ether oxygens (including phenoxy) is 1. The van der Waals surface area contributed by atoms with Gasteiger partial charge in [-0.05, 0) is 11.5 Å². The number of aromatic nitrogens is 1. The van der Waals surface area contributed by atoms with Gasteiger partial charge in [-0.25, -0.2) is 4.98 Å². The third kappa shape index (κ3) is 1.60. The average molecular weight is 227 g/mol. The maximum Gasteiger partial charge on any atom is 0.218 e. The van der Waals surface area contributed by atoms with Crippen molar-refractivity contribution in [2.24, 2.45) is 11.1 Å². The Morgan fingerprint density at radius 2 is 2.07 bits per heavy atom. The molecule has 2 N–H and O–H groups in total. The molecule has 2 atom stereocenters. The van der Waals surface area contributed by atoms with Crippen LogP contribution in [0.5, 0.6) is 5.88 Å². The summed E-state index contributed by atoms with van der Waals surface area (Å²) in [7, 11) is 1.60. The van der Waals surface area contributed by atoms with E-state index in [0.29, 0.717) is 17.0 Å². The predicted octanol–water partition coefficient (Wildman–Crippen LogP) is 2.19. The minimum absolute atomic E-state index is 0.128. The van der Waals surface area contributed by atoms with E-state index in [9.17, 15) is 0 Å². The number of hydrogen-bond acceptors (Lipinski definition) is 3. The van der Waals surface area contributed by atoms with E-state index in [-0.39, 0.29) is 11.5 Å². The molecule has 0 unspecified atom stereocenters. The van der Waals surface area contributed by atoms with Gasteiger partial charge in [-0.15, -0.1) is 0 Å². The summed E-state index contributed by atoms with van der Waals surface area (Å²) in [6.07, 6.45) is 0. The number of methoxy groups -OCH3 is 1. The Bertz CT molecular complexity index is 392. The molecule has 1 saturated carbocycles. The van der Waals surface area contributed by atoms with Gasteiger partial charge in [-0.2, -0.15) is 0 Å². The molecule has 1 aliphatic rings. The zero-order valence-electron chi connectivity index (χ0n) is 9.12. The van der Waals surface area contributed by atoms with Gasteiger partial charge in [0.1, 0.15) is 5.15 Å². The molecule has 3 nitrogen and oxygen atoms in total. The van der Waals surface area contributed by atoms with Gasteiger partial charge in [0.25, 0.3) is 0 Å². The average Bonchev–Trinajstić information content (AvgIpc) is 2.67. The maximum absolute atomic E-state index is 6.02. The molecule has 0 amide bonds. The van der Waals surface area contributed by atoms with Crippen molar-refractivity contribution in [3.05, 3.63) is 22.8 Å². The maximum atomic E-state index is 6.02. The highest BCUT2D eigenvalue weighted by atomic mass is 35.5. The van der Waals surface area contributed by atoms with Gasteiger partial charge in [0.15, 0.2) is 0 Å². The first kappa shape index (κ1) is 10.7. The summed E-state index contributed by atoms with van der Waals surface area (Å²) >= 11 is 5.81. The second kappa shape index (κ2) is 3.35. The Morgan fingerprint density at radius 1 is 1.47 bits per heavy atom. The predicted molar refractivity (Wildman–Crippen MR) is 60.3 cm³/mol. The van der Waals surface area contributed by atoms with Crippen LogP contribution in [0.4, 0.5) is 0 Å². The van der Waals surface area contributed by atoms with Crippen LogP contribution in [0.3, 0.4) is 0 Å². The van der Waals surface area contributed by atoms with Crippen molar-refractivity contribution in [1.29, 1.82) is 0 Å². The standard InChI is InChI=1S/C11H15ClN2O/c1-11(2)8(9(11)13)6-4-5-7(12)14-10(6)15-3/h4-5,8-9H,13H2,1-3H3/t8-,9-/m0/s1. The first-order chi connectivity index (χ1) is 6.98. The molecular weight excluding hydrogens is 212 g/mol. The van der Waals surface area contributed by atoms with Crippen LogP contribution in [0.2, 0.25) is 5.15 Å². The third-order valence-electron chi connectivity index (χ3n) is 3.29. The first-order valence-corrected chi connectivity index (χ1v) is 5.32. The molecule has 1 heterocycles. The highest BCUT2D eigenvalue weighted by Crippen LogP contribution is 2.58. The van der Waals surface area contributed by atoms with Crippen LogP contribution in [0.25, 0.3) is 0 Å². The van der Waals surface area contributed by atoms with Crippen molar-refractivity contribution in [3.8, 4) is 5.88 Å². The zero-order valence-corrected chi connectivity index (χ0v) is 9.88. The highest BCUT2D eigenvalue weighted by Gasteiger charge is 2.57. The van der Waals surface area contributed by atoms with E-state index in [1.807, 2.05) is 6.07 Å². The molecule has 1 aromatic heterocycles. The summed E-state index contributed by atoms with van der Waals surface area (Å²) in [5.74, 6) is 0.908. The number of pyridine rings is 1. The van der Waals surface area contributed by atoms with E-state index in [1.165, 1.54) is 0 Å². The van der Waals surface area contributed by atoms with Gasteiger partial charge in [0, 0.05) is 17.5 Å². The minimum atomic E-state index is 0.128. The zero-order chi connectivity index (χ0) is 11.2. The van der Waals surface area contributed by atoms with Gasteiger partial charge in [0.2, 0.25) is 5.88 Å². The van der Waals surface area contributed by atoms with Crippen molar-refractivity contribution in [2.45, 2.75) is 25.8 Å². The second-order valence-electron chi connectivity index (χ2n) is 4.56. The molecule has 0 aromatic carbocycles. The molecule has 1 fully saturated rings. The molecule has 0 radical (unpaired) electrons. The number of hydrogen-bond donors (Lipinski definition) is 1. The number of nitrogens with zero attached hydrogens (tertiary/aromatic N) is 1. The molecule has 1 aromatic rings. The highest BCUT2D eigenvalue weighted by molar-refractivity contribution is 6.29. The van der Waals surface area contributed by atoms with E-state index in [2.05, 4.69) is 18.8 Å². The molecule has 1 aliphatic carbocycles. The Kier molecular flexibility index (Phi) is 2.40. The SMILES string of the molecule is COc1nc(Cl)ccc1[C@H]1[C@H](N)C1(C)C. The summed E-state index contributed by atoms with van der Waals surface area (Å²) in [5, 5.41) is 0.447. The van der Waals surface area contributed by atoms with E-state index in [1.54, 1.807) is 13.2 Å².